The average molecular weight is 634 g/mol. The van der Waals surface area contributed by atoms with Crippen LogP contribution in [0.4, 0.5) is 26.3 Å². The van der Waals surface area contributed by atoms with Gasteiger partial charge in [0.25, 0.3) is 0 Å². The first-order valence-electron chi connectivity index (χ1n) is 13.8. The van der Waals surface area contributed by atoms with Crippen LogP contribution in [0, 0.1) is 18.8 Å². The summed E-state index contributed by atoms with van der Waals surface area (Å²) in [5, 5.41) is 11.0. The Labute approximate surface area is 249 Å². The molecule has 2 aliphatic rings. The first-order valence-corrected chi connectivity index (χ1v) is 14.7. The summed E-state index contributed by atoms with van der Waals surface area (Å²) in [7, 11) is 1.35. The van der Waals surface area contributed by atoms with Crippen molar-refractivity contribution in [2.75, 3.05) is 39.8 Å². The van der Waals surface area contributed by atoms with Gasteiger partial charge >= 0.3 is 12.4 Å². The molecule has 0 aliphatic carbocycles. The molecule has 2 fully saturated rings. The molecule has 236 valence electrons. The average Bonchev–Trinajstić information content (AvgIpc) is 3.40. The number of aliphatic hydroxyl groups excluding tert-OH is 1. The van der Waals surface area contributed by atoms with E-state index in [1.54, 1.807) is 4.90 Å². The van der Waals surface area contributed by atoms with E-state index in [1.165, 1.54) is 23.3 Å². The number of thiophene rings is 1. The van der Waals surface area contributed by atoms with Crippen molar-refractivity contribution in [2.45, 2.75) is 51.0 Å². The minimum atomic E-state index is -5.00. The number of aliphatic hydroxyl groups is 1. The van der Waals surface area contributed by atoms with E-state index < -0.39 is 54.4 Å². The molecule has 7 nitrogen and oxygen atoms in total. The summed E-state index contributed by atoms with van der Waals surface area (Å²) in [6.07, 6.45) is -8.82. The SMILES string of the molecule is Cc1ccsc1C1CN(C(=O)C2CCN(C(=O)CO)CC2)CCC1C(=O)N(C)Cc1cc(C(F)(F)F)cc(C(F)(F)F)c1. The Balaban J connectivity index is 1.52. The predicted molar refractivity (Wildman–Crippen MR) is 146 cm³/mol. The van der Waals surface area contributed by atoms with Gasteiger partial charge in [-0.25, -0.2) is 0 Å². The van der Waals surface area contributed by atoms with Crippen LogP contribution < -0.4 is 0 Å². The quantitative estimate of drug-likeness (QED) is 0.459. The van der Waals surface area contributed by atoms with Crippen LogP contribution in [0.2, 0.25) is 0 Å². The lowest BCUT2D eigenvalue weighted by atomic mass is 9.81. The number of carbonyl (C=O) groups is 3. The van der Waals surface area contributed by atoms with Crippen molar-refractivity contribution >= 4 is 29.1 Å². The Hall–Kier alpha value is -3.13. The predicted octanol–water partition coefficient (Wildman–Crippen LogP) is 4.92. The number of nitrogens with zero attached hydrogens (tertiary/aromatic N) is 3. The Morgan fingerprint density at radius 1 is 0.953 bits per heavy atom. The van der Waals surface area contributed by atoms with Gasteiger partial charge in [-0.1, -0.05) is 0 Å². The van der Waals surface area contributed by atoms with Crippen LogP contribution >= 0.6 is 11.3 Å². The molecule has 4 rings (SSSR count). The number of alkyl halides is 6. The maximum Gasteiger partial charge on any atom is 0.416 e. The second-order valence-electron chi connectivity index (χ2n) is 11.2. The van der Waals surface area contributed by atoms with Gasteiger partial charge in [-0.2, -0.15) is 26.3 Å². The van der Waals surface area contributed by atoms with Gasteiger partial charge in [-0.15, -0.1) is 11.3 Å². The summed E-state index contributed by atoms with van der Waals surface area (Å²) in [5.74, 6) is -2.25. The molecule has 14 heteroatoms. The van der Waals surface area contributed by atoms with Gasteiger partial charge in [-0.05, 0) is 67.0 Å². The minimum Gasteiger partial charge on any atom is -0.387 e. The molecule has 3 heterocycles. The molecule has 2 unspecified atom stereocenters. The van der Waals surface area contributed by atoms with Crippen molar-refractivity contribution in [1.29, 1.82) is 0 Å². The molecule has 1 aromatic carbocycles. The first kappa shape index (κ1) is 32.8. The molecule has 0 bridgehead atoms. The lowest BCUT2D eigenvalue weighted by Crippen LogP contribution is -2.50. The van der Waals surface area contributed by atoms with E-state index in [0.717, 1.165) is 15.3 Å². The summed E-state index contributed by atoms with van der Waals surface area (Å²) >= 11 is 1.43. The largest absolute Gasteiger partial charge is 0.416 e. The van der Waals surface area contributed by atoms with Crippen LogP contribution in [-0.2, 0) is 33.3 Å². The third kappa shape index (κ3) is 7.51. The third-order valence-electron chi connectivity index (χ3n) is 8.26. The molecule has 2 saturated heterocycles. The van der Waals surface area contributed by atoms with Crippen molar-refractivity contribution in [3.8, 4) is 0 Å². The van der Waals surface area contributed by atoms with Gasteiger partial charge in [-0.3, -0.25) is 14.4 Å². The van der Waals surface area contributed by atoms with E-state index in [9.17, 15) is 40.7 Å². The normalized spacial score (nSPS) is 20.3. The molecule has 2 aliphatic heterocycles. The van der Waals surface area contributed by atoms with E-state index in [4.69, 9.17) is 5.11 Å². The summed E-state index contributed by atoms with van der Waals surface area (Å²) in [6.45, 7) is 2.06. The van der Waals surface area contributed by atoms with Gasteiger partial charge in [0, 0.05) is 62.4 Å². The van der Waals surface area contributed by atoms with Crippen LogP contribution in [0.1, 0.15) is 52.3 Å². The molecular formula is C29H33F6N3O4S. The summed E-state index contributed by atoms with van der Waals surface area (Å²) in [4.78, 5) is 44.3. The van der Waals surface area contributed by atoms with Crippen molar-refractivity contribution in [3.05, 3.63) is 56.8 Å². The van der Waals surface area contributed by atoms with E-state index >= 15 is 0 Å². The summed E-state index contributed by atoms with van der Waals surface area (Å²) in [6, 6.07) is 3.20. The second-order valence-corrected chi connectivity index (χ2v) is 12.1. The molecule has 1 N–H and O–H groups in total. The van der Waals surface area contributed by atoms with Gasteiger partial charge in [0.05, 0.1) is 11.1 Å². The maximum atomic E-state index is 13.7. The summed E-state index contributed by atoms with van der Waals surface area (Å²) < 4.78 is 80.2. The van der Waals surface area contributed by atoms with Crippen molar-refractivity contribution < 1.29 is 45.8 Å². The van der Waals surface area contributed by atoms with Gasteiger partial charge in [0.15, 0.2) is 0 Å². The number of hydrogen-bond acceptors (Lipinski definition) is 5. The Kier molecular flexibility index (Phi) is 9.79. The van der Waals surface area contributed by atoms with Gasteiger partial charge < -0.3 is 19.8 Å². The first-order chi connectivity index (χ1) is 20.1. The smallest absolute Gasteiger partial charge is 0.387 e. The van der Waals surface area contributed by atoms with Gasteiger partial charge in [0.1, 0.15) is 6.61 Å². The van der Waals surface area contributed by atoms with Crippen molar-refractivity contribution in [2.24, 2.45) is 11.8 Å². The van der Waals surface area contributed by atoms with Crippen LogP contribution in [0.3, 0.4) is 0 Å². The zero-order valence-electron chi connectivity index (χ0n) is 23.7. The molecule has 1 aromatic heterocycles. The highest BCUT2D eigenvalue weighted by atomic mass is 32.1. The Morgan fingerprint density at radius 2 is 1.53 bits per heavy atom. The molecule has 3 amide bonds. The number of aryl methyl sites for hydroxylation is 1. The van der Waals surface area contributed by atoms with Crippen LogP contribution in [0.5, 0.6) is 0 Å². The fourth-order valence-electron chi connectivity index (χ4n) is 5.96. The number of likely N-dealkylation sites (tertiary alicyclic amines) is 2. The number of hydrogen-bond donors (Lipinski definition) is 1. The zero-order chi connectivity index (χ0) is 31.7. The third-order valence-corrected chi connectivity index (χ3v) is 9.41. The molecule has 2 aromatic rings. The molecular weight excluding hydrogens is 600 g/mol. The number of carbonyl (C=O) groups excluding carboxylic acids is 3. The van der Waals surface area contributed by atoms with Crippen molar-refractivity contribution in [1.82, 2.24) is 14.7 Å². The number of benzene rings is 1. The standard InChI is InChI=1S/C29H33F6N3O4S/c1-17-6-10-43-25(17)23-15-38(26(41)19-3-7-37(8-4-19)24(40)16-39)9-5-22(23)27(42)36(2)14-18-11-20(28(30,31)32)13-21(12-18)29(33,34)35/h6,10-13,19,22-23,39H,3-5,7-9,14-16H2,1-2H3. The summed E-state index contributed by atoms with van der Waals surface area (Å²) in [5.41, 5.74) is -2.25. The molecule has 0 spiro atoms. The highest BCUT2D eigenvalue weighted by molar-refractivity contribution is 7.10. The Morgan fingerprint density at radius 3 is 2.05 bits per heavy atom. The van der Waals surface area contributed by atoms with Crippen LogP contribution in [0.15, 0.2) is 29.6 Å². The number of halogens is 6. The number of rotatable bonds is 6. The topological polar surface area (TPSA) is 81.2 Å². The number of amides is 3. The second kappa shape index (κ2) is 12.8. The molecule has 43 heavy (non-hydrogen) atoms. The Bertz CT molecular complexity index is 1300. The maximum absolute atomic E-state index is 13.7. The van der Waals surface area contributed by atoms with E-state index in [-0.39, 0.29) is 48.9 Å². The molecule has 0 saturated carbocycles. The minimum absolute atomic E-state index is 0.0575. The molecule has 0 radical (unpaired) electrons. The highest BCUT2D eigenvalue weighted by Gasteiger charge is 2.42. The van der Waals surface area contributed by atoms with Crippen molar-refractivity contribution in [3.63, 3.8) is 0 Å². The van der Waals surface area contributed by atoms with Crippen LogP contribution in [0.25, 0.3) is 0 Å². The van der Waals surface area contributed by atoms with E-state index in [1.807, 2.05) is 18.4 Å². The molecule has 2 atom stereocenters. The highest BCUT2D eigenvalue weighted by Crippen LogP contribution is 2.40. The van der Waals surface area contributed by atoms with E-state index in [2.05, 4.69) is 0 Å². The van der Waals surface area contributed by atoms with Crippen LogP contribution in [-0.4, -0.2) is 77.4 Å². The number of piperidine rings is 2. The fourth-order valence-corrected chi connectivity index (χ4v) is 7.04. The lowest BCUT2D eigenvalue weighted by molar-refractivity contribution is -0.145. The van der Waals surface area contributed by atoms with E-state index in [0.29, 0.717) is 38.1 Å². The monoisotopic (exact) mass is 633 g/mol. The zero-order valence-corrected chi connectivity index (χ0v) is 24.5. The lowest BCUT2D eigenvalue weighted by Gasteiger charge is -2.41. The fraction of sp³-hybridized carbons (Fsp3) is 0.552. The van der Waals surface area contributed by atoms with Gasteiger partial charge in [0.2, 0.25) is 17.7 Å².